The number of nitrogens with zero attached hydrogens (tertiary/aromatic N) is 2. The highest BCUT2D eigenvalue weighted by molar-refractivity contribution is 7.23. The molecule has 8 nitrogen and oxygen atoms in total. The molecule has 0 aliphatic carbocycles. The van der Waals surface area contributed by atoms with Crippen molar-refractivity contribution in [2.45, 2.75) is 19.4 Å². The van der Waals surface area contributed by atoms with Gasteiger partial charge >= 0.3 is 0 Å². The first-order valence-corrected chi connectivity index (χ1v) is 12.6. The third-order valence-electron chi connectivity index (χ3n) is 5.61. The molecule has 10 heteroatoms. The molecule has 0 spiro atoms. The summed E-state index contributed by atoms with van der Waals surface area (Å²) >= 11 is 3.34. The fourth-order valence-electron chi connectivity index (χ4n) is 3.96. The van der Waals surface area contributed by atoms with Gasteiger partial charge < -0.3 is 20.7 Å². The van der Waals surface area contributed by atoms with Gasteiger partial charge in [0.25, 0.3) is 0 Å². The van der Waals surface area contributed by atoms with Gasteiger partial charge in [-0.2, -0.15) is 5.10 Å². The van der Waals surface area contributed by atoms with Crippen LogP contribution in [0.15, 0.2) is 30.5 Å². The average molecular weight is 483 g/mol. The van der Waals surface area contributed by atoms with E-state index in [2.05, 4.69) is 44.3 Å². The average Bonchev–Trinajstić information content (AvgIpc) is 3.56. The molecule has 0 atom stereocenters. The fourth-order valence-corrected chi connectivity index (χ4v) is 6.28. The highest BCUT2D eigenvalue weighted by atomic mass is 32.1. The summed E-state index contributed by atoms with van der Waals surface area (Å²) in [6, 6.07) is 8.24. The van der Waals surface area contributed by atoms with E-state index in [-0.39, 0.29) is 5.91 Å². The zero-order valence-corrected chi connectivity index (χ0v) is 20.0. The lowest BCUT2D eigenvalue weighted by Crippen LogP contribution is -2.24. The van der Waals surface area contributed by atoms with Gasteiger partial charge in [-0.15, -0.1) is 22.7 Å². The van der Waals surface area contributed by atoms with Crippen molar-refractivity contribution < 1.29 is 9.53 Å². The van der Waals surface area contributed by atoms with Gasteiger partial charge in [0, 0.05) is 55.4 Å². The summed E-state index contributed by atoms with van der Waals surface area (Å²) in [6.07, 6.45) is 3.10. The highest BCUT2D eigenvalue weighted by Crippen LogP contribution is 2.45. The van der Waals surface area contributed by atoms with Crippen molar-refractivity contribution in [3.63, 3.8) is 0 Å². The number of aromatic nitrogens is 3. The van der Waals surface area contributed by atoms with E-state index < -0.39 is 0 Å². The Labute approximate surface area is 199 Å². The maximum Gasteiger partial charge on any atom is 0.226 e. The number of thiazole rings is 1. The van der Waals surface area contributed by atoms with Gasteiger partial charge in [-0.05, 0) is 36.7 Å². The Morgan fingerprint density at radius 2 is 2.18 bits per heavy atom. The minimum absolute atomic E-state index is 0.00960. The number of thiophene rings is 1. The zero-order chi connectivity index (χ0) is 22.6. The first-order valence-electron chi connectivity index (χ1n) is 11.0. The third-order valence-corrected chi connectivity index (χ3v) is 7.81. The summed E-state index contributed by atoms with van der Waals surface area (Å²) in [6.45, 7) is 3.75. The molecule has 4 N–H and O–H groups in total. The molecule has 1 aliphatic heterocycles. The van der Waals surface area contributed by atoms with Crippen LogP contribution >= 0.6 is 22.7 Å². The number of nitrogens with one attached hydrogen (secondary N) is 4. The Bertz CT molecular complexity index is 1250. The van der Waals surface area contributed by atoms with Crippen molar-refractivity contribution in [3.8, 4) is 21.8 Å². The number of anilines is 1. The Hall–Kier alpha value is -2.63. The predicted molar refractivity (Wildman–Crippen MR) is 134 cm³/mol. The third kappa shape index (κ3) is 4.85. The van der Waals surface area contributed by atoms with Gasteiger partial charge in [0.05, 0.1) is 22.5 Å². The Morgan fingerprint density at radius 1 is 1.24 bits per heavy atom. The van der Waals surface area contributed by atoms with E-state index >= 15 is 0 Å². The van der Waals surface area contributed by atoms with E-state index in [1.165, 1.54) is 10.4 Å². The van der Waals surface area contributed by atoms with Crippen molar-refractivity contribution in [2.75, 3.05) is 38.7 Å². The molecule has 172 valence electrons. The number of carbonyl (C=O) groups is 1. The number of methoxy groups -OCH3 is 1. The van der Waals surface area contributed by atoms with Crippen molar-refractivity contribution >= 4 is 43.8 Å². The number of hydrogen-bond acceptors (Lipinski definition) is 8. The second-order valence-electron chi connectivity index (χ2n) is 7.85. The minimum Gasteiger partial charge on any atom is -0.383 e. The monoisotopic (exact) mass is 482 g/mol. The summed E-state index contributed by atoms with van der Waals surface area (Å²) in [5.41, 5.74) is 5.37. The SMILES string of the molecule is COCCNCCC(=O)Nc1sc2c(c1-c1nc3cc(-c4ccn[nH]4)ccc3s1)CCNC2. The number of benzene rings is 1. The topological polar surface area (TPSA) is 104 Å². The van der Waals surface area contributed by atoms with E-state index in [1.54, 1.807) is 36.0 Å². The van der Waals surface area contributed by atoms with Gasteiger partial charge in [0.1, 0.15) is 10.0 Å². The summed E-state index contributed by atoms with van der Waals surface area (Å²) < 4.78 is 6.16. The van der Waals surface area contributed by atoms with Crippen LogP contribution in [0.3, 0.4) is 0 Å². The van der Waals surface area contributed by atoms with Crippen LogP contribution in [-0.4, -0.2) is 54.4 Å². The normalized spacial score (nSPS) is 13.4. The molecule has 3 aromatic heterocycles. The number of amides is 1. The van der Waals surface area contributed by atoms with Gasteiger partial charge in [0.2, 0.25) is 5.91 Å². The molecule has 5 rings (SSSR count). The Morgan fingerprint density at radius 3 is 3.03 bits per heavy atom. The van der Waals surface area contributed by atoms with Crippen LogP contribution in [0.2, 0.25) is 0 Å². The molecule has 0 bridgehead atoms. The van der Waals surface area contributed by atoms with E-state index in [0.717, 1.165) is 63.1 Å². The Kier molecular flexibility index (Phi) is 6.79. The fraction of sp³-hybridized carbons (Fsp3) is 0.348. The lowest BCUT2D eigenvalue weighted by atomic mass is 10.0. The number of rotatable bonds is 9. The van der Waals surface area contributed by atoms with E-state index in [4.69, 9.17) is 9.72 Å². The molecule has 0 unspecified atom stereocenters. The zero-order valence-electron chi connectivity index (χ0n) is 18.4. The molecule has 1 amide bonds. The maximum absolute atomic E-state index is 12.7. The summed E-state index contributed by atoms with van der Waals surface area (Å²) in [5, 5.41) is 18.8. The van der Waals surface area contributed by atoms with Crippen LogP contribution in [0.5, 0.6) is 0 Å². The number of aromatic amines is 1. The van der Waals surface area contributed by atoms with E-state index in [9.17, 15) is 4.79 Å². The number of carbonyl (C=O) groups excluding carboxylic acids is 1. The summed E-state index contributed by atoms with van der Waals surface area (Å²) in [5.74, 6) is 0.00960. The van der Waals surface area contributed by atoms with Crippen LogP contribution in [-0.2, 0) is 22.5 Å². The molecule has 0 fully saturated rings. The number of fused-ring (bicyclic) bond motifs is 2. The quantitative estimate of drug-likeness (QED) is 0.272. The van der Waals surface area contributed by atoms with Crippen LogP contribution in [0, 0.1) is 0 Å². The van der Waals surface area contributed by atoms with Crippen molar-refractivity contribution in [1.29, 1.82) is 0 Å². The summed E-state index contributed by atoms with van der Waals surface area (Å²) in [4.78, 5) is 18.9. The molecular weight excluding hydrogens is 456 g/mol. The van der Waals surface area contributed by atoms with E-state index in [0.29, 0.717) is 19.6 Å². The molecule has 1 aliphatic rings. The lowest BCUT2D eigenvalue weighted by molar-refractivity contribution is -0.116. The molecule has 0 radical (unpaired) electrons. The van der Waals surface area contributed by atoms with Crippen LogP contribution < -0.4 is 16.0 Å². The standard InChI is InChI=1S/C23H26N6O2S2/c1-31-11-10-24-8-6-20(30)28-23-21(15-4-7-25-13-19(15)33-23)22-27-17-12-14(2-3-18(17)32-22)16-5-9-26-29-16/h2-3,5,9,12,24-25H,4,6-8,10-11,13H2,1H3,(H,26,29)(H,28,30). The van der Waals surface area contributed by atoms with Crippen LogP contribution in [0.25, 0.3) is 32.0 Å². The van der Waals surface area contributed by atoms with E-state index in [1.807, 2.05) is 6.07 Å². The van der Waals surface area contributed by atoms with Crippen molar-refractivity contribution in [3.05, 3.63) is 40.9 Å². The molecule has 0 saturated carbocycles. The highest BCUT2D eigenvalue weighted by Gasteiger charge is 2.25. The number of hydrogen-bond donors (Lipinski definition) is 4. The van der Waals surface area contributed by atoms with Gasteiger partial charge in [0.15, 0.2) is 0 Å². The van der Waals surface area contributed by atoms with Crippen molar-refractivity contribution in [1.82, 2.24) is 25.8 Å². The van der Waals surface area contributed by atoms with Gasteiger partial charge in [-0.1, -0.05) is 6.07 Å². The largest absolute Gasteiger partial charge is 0.383 e. The summed E-state index contributed by atoms with van der Waals surface area (Å²) in [7, 11) is 1.67. The van der Waals surface area contributed by atoms with Gasteiger partial charge in [-0.25, -0.2) is 4.98 Å². The maximum atomic E-state index is 12.7. The van der Waals surface area contributed by atoms with Gasteiger partial charge in [-0.3, -0.25) is 9.89 Å². The molecule has 4 heterocycles. The lowest BCUT2D eigenvalue weighted by Gasteiger charge is -2.13. The second kappa shape index (κ2) is 10.1. The molecule has 0 saturated heterocycles. The van der Waals surface area contributed by atoms with Crippen molar-refractivity contribution in [2.24, 2.45) is 0 Å². The Balaban J connectivity index is 1.42. The first-order chi connectivity index (χ1) is 16.2. The molecule has 1 aromatic carbocycles. The number of ether oxygens (including phenoxy) is 1. The first kappa shape index (κ1) is 22.2. The molecular formula is C23H26N6O2S2. The minimum atomic E-state index is 0.00960. The predicted octanol–water partition coefficient (Wildman–Crippen LogP) is 3.63. The molecule has 33 heavy (non-hydrogen) atoms. The second-order valence-corrected chi connectivity index (χ2v) is 9.98. The van der Waals surface area contributed by atoms with Crippen LogP contribution in [0.4, 0.5) is 5.00 Å². The van der Waals surface area contributed by atoms with Crippen LogP contribution in [0.1, 0.15) is 16.9 Å². The molecule has 4 aromatic rings. The number of H-pyrrole nitrogens is 1. The smallest absolute Gasteiger partial charge is 0.226 e.